The van der Waals surface area contributed by atoms with E-state index in [0.717, 1.165) is 11.6 Å². The molecule has 2 heterocycles. The van der Waals surface area contributed by atoms with Gasteiger partial charge in [0.1, 0.15) is 0 Å². The number of carbonyl (C=O) groups is 2. The molecule has 3 aromatic rings. The normalized spacial score (nSPS) is 20.2. The SMILES string of the molecule is CC(=O)N1CCC(C(=O)N2CCC(OCc3cc(-c4ccccc4)cc(C(F)(F)F)c3)C(c3ccccc3)C2)CC1. The number of carbonyl (C=O) groups excluding carboxylic acids is 2. The lowest BCUT2D eigenvalue weighted by Crippen LogP contribution is -2.49. The average Bonchev–Trinajstić information content (AvgIpc) is 3.00. The summed E-state index contributed by atoms with van der Waals surface area (Å²) in [5.41, 5.74) is 2.00. The fourth-order valence-electron chi connectivity index (χ4n) is 5.99. The van der Waals surface area contributed by atoms with Crippen molar-refractivity contribution in [2.24, 2.45) is 5.92 Å². The third-order valence-corrected chi connectivity index (χ3v) is 8.27. The first-order chi connectivity index (χ1) is 19.7. The predicted molar refractivity (Wildman–Crippen MR) is 151 cm³/mol. The summed E-state index contributed by atoms with van der Waals surface area (Å²) in [5, 5.41) is 0. The molecule has 2 unspecified atom stereocenters. The number of rotatable bonds is 6. The third-order valence-electron chi connectivity index (χ3n) is 8.27. The minimum absolute atomic E-state index is 0.0367. The molecule has 5 rings (SSSR count). The number of alkyl halides is 3. The Balaban J connectivity index is 1.32. The van der Waals surface area contributed by atoms with Crippen LogP contribution in [0.1, 0.15) is 48.8 Å². The van der Waals surface area contributed by atoms with Gasteiger partial charge in [-0.2, -0.15) is 13.2 Å². The predicted octanol–water partition coefficient (Wildman–Crippen LogP) is 6.53. The van der Waals surface area contributed by atoms with Gasteiger partial charge in [-0.3, -0.25) is 9.59 Å². The standard InChI is InChI=1S/C33H35F3N2O3/c1-23(39)37-15-12-27(13-16-37)32(40)38-17-14-31(30(21-38)26-10-6-3-7-11-26)41-22-24-18-28(25-8-4-2-5-9-25)20-29(19-24)33(34,35)36/h2-11,18-20,27,30-31H,12-17,21-22H2,1H3. The van der Waals surface area contributed by atoms with Crippen LogP contribution in [-0.4, -0.2) is 53.9 Å². The minimum atomic E-state index is -4.47. The van der Waals surface area contributed by atoms with E-state index < -0.39 is 11.7 Å². The number of halogens is 3. The highest BCUT2D eigenvalue weighted by Crippen LogP contribution is 2.35. The van der Waals surface area contributed by atoms with E-state index in [4.69, 9.17) is 4.74 Å². The second kappa shape index (κ2) is 12.5. The van der Waals surface area contributed by atoms with E-state index in [1.54, 1.807) is 42.2 Å². The van der Waals surface area contributed by atoms with E-state index in [0.29, 0.717) is 62.1 Å². The van der Waals surface area contributed by atoms with Crippen molar-refractivity contribution in [1.82, 2.24) is 9.80 Å². The summed E-state index contributed by atoms with van der Waals surface area (Å²) in [5.74, 6) is -0.0702. The van der Waals surface area contributed by atoms with E-state index in [1.807, 2.05) is 41.3 Å². The van der Waals surface area contributed by atoms with Crippen LogP contribution in [-0.2, 0) is 27.1 Å². The van der Waals surface area contributed by atoms with Crippen LogP contribution >= 0.6 is 0 Å². The number of hydrogen-bond acceptors (Lipinski definition) is 3. The number of amides is 2. The Morgan fingerprint density at radius 3 is 2.10 bits per heavy atom. The summed E-state index contributed by atoms with van der Waals surface area (Å²) in [6.07, 6.45) is -2.83. The average molecular weight is 565 g/mol. The van der Waals surface area contributed by atoms with E-state index in [-0.39, 0.29) is 36.4 Å². The quantitative estimate of drug-likeness (QED) is 0.342. The number of benzene rings is 3. The summed E-state index contributed by atoms with van der Waals surface area (Å²) < 4.78 is 47.7. The Bertz CT molecular complexity index is 1340. The highest BCUT2D eigenvalue weighted by Gasteiger charge is 2.37. The van der Waals surface area contributed by atoms with Crippen molar-refractivity contribution in [2.45, 2.75) is 51.0 Å². The Labute approximate surface area is 238 Å². The molecule has 0 radical (unpaired) electrons. The van der Waals surface area contributed by atoms with Crippen molar-refractivity contribution in [3.63, 3.8) is 0 Å². The van der Waals surface area contributed by atoms with Crippen molar-refractivity contribution in [3.8, 4) is 11.1 Å². The monoisotopic (exact) mass is 564 g/mol. The summed E-state index contributed by atoms with van der Waals surface area (Å²) in [6.45, 7) is 3.79. The molecular weight excluding hydrogens is 529 g/mol. The van der Waals surface area contributed by atoms with Gasteiger partial charge >= 0.3 is 6.18 Å². The lowest BCUT2D eigenvalue weighted by atomic mass is 9.86. The Hall–Kier alpha value is -3.65. The van der Waals surface area contributed by atoms with Gasteiger partial charge < -0.3 is 14.5 Å². The first-order valence-electron chi connectivity index (χ1n) is 14.2. The molecule has 2 saturated heterocycles. The van der Waals surface area contributed by atoms with Gasteiger partial charge in [0, 0.05) is 44.9 Å². The van der Waals surface area contributed by atoms with Crippen LogP contribution in [0.2, 0.25) is 0 Å². The van der Waals surface area contributed by atoms with Crippen molar-refractivity contribution in [1.29, 1.82) is 0 Å². The number of likely N-dealkylation sites (tertiary alicyclic amines) is 2. The zero-order valence-corrected chi connectivity index (χ0v) is 23.1. The Morgan fingerprint density at radius 2 is 1.46 bits per heavy atom. The molecule has 5 nitrogen and oxygen atoms in total. The van der Waals surface area contributed by atoms with Gasteiger partial charge in [0.15, 0.2) is 0 Å². The molecule has 2 aliphatic rings. The van der Waals surface area contributed by atoms with E-state index >= 15 is 0 Å². The summed E-state index contributed by atoms with van der Waals surface area (Å²) >= 11 is 0. The molecule has 8 heteroatoms. The molecule has 2 aliphatic heterocycles. The smallest absolute Gasteiger partial charge is 0.373 e. The lowest BCUT2D eigenvalue weighted by molar-refractivity contribution is -0.143. The molecule has 2 fully saturated rings. The van der Waals surface area contributed by atoms with Gasteiger partial charge in [0.05, 0.1) is 18.3 Å². The largest absolute Gasteiger partial charge is 0.416 e. The molecule has 0 aliphatic carbocycles. The fourth-order valence-corrected chi connectivity index (χ4v) is 5.99. The fraction of sp³-hybridized carbons (Fsp3) is 0.394. The molecule has 0 saturated carbocycles. The lowest BCUT2D eigenvalue weighted by Gasteiger charge is -2.41. The maximum absolute atomic E-state index is 13.8. The van der Waals surface area contributed by atoms with E-state index in [1.165, 1.54) is 6.07 Å². The number of ether oxygens (including phenoxy) is 1. The highest BCUT2D eigenvalue weighted by molar-refractivity contribution is 5.80. The van der Waals surface area contributed by atoms with Crippen molar-refractivity contribution in [3.05, 3.63) is 95.6 Å². The highest BCUT2D eigenvalue weighted by atomic mass is 19.4. The van der Waals surface area contributed by atoms with Crippen LogP contribution in [0, 0.1) is 5.92 Å². The zero-order valence-electron chi connectivity index (χ0n) is 23.1. The molecule has 0 N–H and O–H groups in total. The summed E-state index contributed by atoms with van der Waals surface area (Å²) in [4.78, 5) is 28.9. The van der Waals surface area contributed by atoms with E-state index in [2.05, 4.69) is 0 Å². The Kier molecular flexibility index (Phi) is 8.78. The van der Waals surface area contributed by atoms with Crippen LogP contribution in [0.15, 0.2) is 78.9 Å². The second-order valence-electron chi connectivity index (χ2n) is 11.0. The van der Waals surface area contributed by atoms with Gasteiger partial charge in [-0.25, -0.2) is 0 Å². The molecule has 0 bridgehead atoms. The maximum Gasteiger partial charge on any atom is 0.416 e. The topological polar surface area (TPSA) is 49.9 Å². The summed E-state index contributed by atoms with van der Waals surface area (Å²) in [7, 11) is 0. The number of nitrogens with zero attached hydrogens (tertiary/aromatic N) is 2. The van der Waals surface area contributed by atoms with E-state index in [9.17, 15) is 22.8 Å². The van der Waals surface area contributed by atoms with Crippen molar-refractivity contribution < 1.29 is 27.5 Å². The van der Waals surface area contributed by atoms with Gasteiger partial charge in [-0.15, -0.1) is 0 Å². The molecule has 3 aromatic carbocycles. The minimum Gasteiger partial charge on any atom is -0.373 e. The first kappa shape index (κ1) is 28.9. The third kappa shape index (κ3) is 6.99. The van der Waals surface area contributed by atoms with Gasteiger partial charge in [0.25, 0.3) is 0 Å². The molecular formula is C33H35F3N2O3. The molecule has 2 atom stereocenters. The van der Waals surface area contributed by atoms with Crippen molar-refractivity contribution >= 4 is 11.8 Å². The molecule has 0 aromatic heterocycles. The van der Waals surface area contributed by atoms with Gasteiger partial charge in [0.2, 0.25) is 11.8 Å². The number of hydrogen-bond donors (Lipinski definition) is 0. The van der Waals surface area contributed by atoms with Gasteiger partial charge in [-0.05, 0) is 59.7 Å². The maximum atomic E-state index is 13.8. The zero-order chi connectivity index (χ0) is 29.0. The summed E-state index contributed by atoms with van der Waals surface area (Å²) in [6, 6.07) is 23.0. The van der Waals surface area contributed by atoms with Crippen molar-refractivity contribution in [2.75, 3.05) is 26.2 Å². The Morgan fingerprint density at radius 1 is 0.829 bits per heavy atom. The second-order valence-corrected chi connectivity index (χ2v) is 11.0. The van der Waals surface area contributed by atoms with Crippen LogP contribution in [0.5, 0.6) is 0 Å². The van der Waals surface area contributed by atoms with Gasteiger partial charge in [-0.1, -0.05) is 60.7 Å². The van der Waals surface area contributed by atoms with Crippen LogP contribution in [0.3, 0.4) is 0 Å². The van der Waals surface area contributed by atoms with Crippen LogP contribution < -0.4 is 0 Å². The van der Waals surface area contributed by atoms with Crippen LogP contribution in [0.4, 0.5) is 13.2 Å². The molecule has 41 heavy (non-hydrogen) atoms. The number of piperidine rings is 2. The first-order valence-corrected chi connectivity index (χ1v) is 14.2. The molecule has 216 valence electrons. The molecule has 0 spiro atoms. The molecule has 2 amide bonds. The van der Waals surface area contributed by atoms with Crippen LogP contribution in [0.25, 0.3) is 11.1 Å².